The van der Waals surface area contributed by atoms with E-state index in [1.165, 1.54) is 12.1 Å². The third-order valence-corrected chi connectivity index (χ3v) is 7.50. The lowest BCUT2D eigenvalue weighted by Crippen LogP contribution is -2.42. The van der Waals surface area contributed by atoms with Gasteiger partial charge in [-0.05, 0) is 70.7 Å². The number of hydrogen-bond acceptors (Lipinski definition) is 7. The van der Waals surface area contributed by atoms with Gasteiger partial charge in [0.25, 0.3) is 0 Å². The fourth-order valence-electron chi connectivity index (χ4n) is 5.55. The Labute approximate surface area is 230 Å². The molecule has 0 saturated carbocycles. The number of anilines is 1. The minimum absolute atomic E-state index is 0.108. The molecule has 2 aliphatic rings. The van der Waals surface area contributed by atoms with Crippen molar-refractivity contribution in [3.05, 3.63) is 60.1 Å². The lowest BCUT2D eigenvalue weighted by atomic mass is 10.0. The summed E-state index contributed by atoms with van der Waals surface area (Å²) in [7, 11) is 0. The number of fused-ring (bicyclic) bond motifs is 1. The minimum Gasteiger partial charge on any atom is -0.444 e. The molecule has 1 unspecified atom stereocenters. The largest absolute Gasteiger partial charge is 0.444 e. The van der Waals surface area contributed by atoms with Crippen molar-refractivity contribution in [2.75, 3.05) is 24.5 Å². The van der Waals surface area contributed by atoms with E-state index in [4.69, 9.17) is 9.72 Å². The minimum atomic E-state index is -0.525. The van der Waals surface area contributed by atoms with E-state index in [1.807, 2.05) is 48.8 Å². The zero-order chi connectivity index (χ0) is 28.0. The molecule has 1 aromatic carbocycles. The molecule has 10 nitrogen and oxygen atoms in total. The fraction of sp³-hybridized carbons (Fsp3) is 0.464. The standard InChI is InChI=1S/C28H32F2N8O2/c1-28(2,3)40-27(39)35-12-8-19(9-13-35)38-17-23(33-34-38)21-16-31-37-14-10-25(32-26(21)37)36-11-4-5-24(36)20-15-18(29)6-7-22(20)30/h6-7,10,14-17,19,24H,4-5,8-9,11-13H2,1-3H3. The molecule has 2 saturated heterocycles. The molecule has 4 aromatic rings. The first kappa shape index (κ1) is 26.1. The van der Waals surface area contributed by atoms with Crippen LogP contribution in [-0.4, -0.2) is 65.8 Å². The van der Waals surface area contributed by atoms with Crippen LogP contribution in [0.2, 0.25) is 0 Å². The van der Waals surface area contributed by atoms with Gasteiger partial charge in [-0.1, -0.05) is 5.21 Å². The lowest BCUT2D eigenvalue weighted by Gasteiger charge is -2.33. The first-order valence-corrected chi connectivity index (χ1v) is 13.6. The molecule has 0 aliphatic carbocycles. The highest BCUT2D eigenvalue weighted by molar-refractivity contribution is 5.75. The molecule has 1 amide bonds. The molecule has 0 N–H and O–H groups in total. The Bertz CT molecular complexity index is 1540. The number of aromatic nitrogens is 6. The average Bonchev–Trinajstić information content (AvgIpc) is 3.68. The van der Waals surface area contributed by atoms with Crippen LogP contribution in [0.15, 0.2) is 42.9 Å². The van der Waals surface area contributed by atoms with Crippen LogP contribution in [0, 0.1) is 11.6 Å². The Kier molecular flexibility index (Phi) is 6.63. The maximum absolute atomic E-state index is 14.6. The van der Waals surface area contributed by atoms with Gasteiger partial charge >= 0.3 is 6.09 Å². The van der Waals surface area contributed by atoms with Crippen LogP contribution in [0.1, 0.15) is 64.1 Å². The molecule has 40 heavy (non-hydrogen) atoms. The van der Waals surface area contributed by atoms with Gasteiger partial charge in [0, 0.05) is 31.4 Å². The zero-order valence-corrected chi connectivity index (χ0v) is 22.8. The molecule has 210 valence electrons. The second-order valence-electron chi connectivity index (χ2n) is 11.4. The summed E-state index contributed by atoms with van der Waals surface area (Å²) >= 11 is 0. The molecule has 1 atom stereocenters. The molecular weight excluding hydrogens is 518 g/mol. The third kappa shape index (κ3) is 5.09. The van der Waals surface area contributed by atoms with Gasteiger partial charge in [-0.15, -0.1) is 5.10 Å². The predicted octanol–water partition coefficient (Wildman–Crippen LogP) is 5.18. The van der Waals surface area contributed by atoms with Gasteiger partial charge < -0.3 is 14.5 Å². The number of ether oxygens (including phenoxy) is 1. The van der Waals surface area contributed by atoms with Crippen molar-refractivity contribution in [3.63, 3.8) is 0 Å². The van der Waals surface area contributed by atoms with Crippen LogP contribution in [0.4, 0.5) is 19.4 Å². The van der Waals surface area contributed by atoms with Gasteiger partial charge in [0.1, 0.15) is 28.7 Å². The highest BCUT2D eigenvalue weighted by Crippen LogP contribution is 2.37. The maximum Gasteiger partial charge on any atom is 0.410 e. The summed E-state index contributed by atoms with van der Waals surface area (Å²) in [5.74, 6) is -0.205. The van der Waals surface area contributed by atoms with E-state index < -0.39 is 17.2 Å². The highest BCUT2D eigenvalue weighted by Gasteiger charge is 2.31. The van der Waals surface area contributed by atoms with Gasteiger partial charge in [-0.3, -0.25) is 0 Å². The highest BCUT2D eigenvalue weighted by atomic mass is 19.1. The second kappa shape index (κ2) is 10.1. The second-order valence-corrected chi connectivity index (χ2v) is 11.4. The van der Waals surface area contributed by atoms with E-state index in [-0.39, 0.29) is 18.2 Å². The molecule has 0 spiro atoms. The summed E-state index contributed by atoms with van der Waals surface area (Å²) < 4.78 is 37.6. The van der Waals surface area contributed by atoms with Gasteiger partial charge in [-0.25, -0.2) is 27.8 Å². The maximum atomic E-state index is 14.6. The summed E-state index contributed by atoms with van der Waals surface area (Å²) in [6, 6.07) is 5.24. The topological polar surface area (TPSA) is 93.7 Å². The molecule has 5 heterocycles. The zero-order valence-electron chi connectivity index (χ0n) is 22.8. The fourth-order valence-corrected chi connectivity index (χ4v) is 5.55. The number of nitrogens with zero attached hydrogens (tertiary/aromatic N) is 8. The quantitative estimate of drug-likeness (QED) is 0.346. The Morgan fingerprint density at radius 2 is 1.88 bits per heavy atom. The van der Waals surface area contributed by atoms with Crippen molar-refractivity contribution in [1.29, 1.82) is 0 Å². The Morgan fingerprint density at radius 1 is 1.07 bits per heavy atom. The number of rotatable bonds is 4. The summed E-state index contributed by atoms with van der Waals surface area (Å²) in [6.07, 6.45) is 8.16. The van der Waals surface area contributed by atoms with Crippen LogP contribution in [-0.2, 0) is 4.74 Å². The van der Waals surface area contributed by atoms with Crippen molar-refractivity contribution in [2.24, 2.45) is 0 Å². The van der Waals surface area contributed by atoms with Gasteiger partial charge in [0.05, 0.1) is 30.0 Å². The number of carbonyl (C=O) groups excluding carboxylic acids is 1. The molecule has 3 aromatic heterocycles. The van der Waals surface area contributed by atoms with Crippen LogP contribution >= 0.6 is 0 Å². The number of piperidine rings is 1. The van der Waals surface area contributed by atoms with Gasteiger partial charge in [0.15, 0.2) is 5.65 Å². The normalized spacial score (nSPS) is 18.6. The smallest absolute Gasteiger partial charge is 0.410 e. The predicted molar refractivity (Wildman–Crippen MR) is 144 cm³/mol. The van der Waals surface area contributed by atoms with E-state index >= 15 is 0 Å². The third-order valence-electron chi connectivity index (χ3n) is 7.50. The number of halogens is 2. The monoisotopic (exact) mass is 550 g/mol. The van der Waals surface area contributed by atoms with Gasteiger partial charge in [0.2, 0.25) is 0 Å². The average molecular weight is 551 g/mol. The Morgan fingerprint density at radius 3 is 2.65 bits per heavy atom. The van der Waals surface area contributed by atoms with E-state index in [2.05, 4.69) is 15.4 Å². The van der Waals surface area contributed by atoms with Crippen LogP contribution in [0.3, 0.4) is 0 Å². The van der Waals surface area contributed by atoms with Gasteiger partial charge in [-0.2, -0.15) is 5.10 Å². The number of hydrogen-bond donors (Lipinski definition) is 0. The van der Waals surface area contributed by atoms with E-state index in [0.717, 1.165) is 30.9 Å². The molecule has 2 aliphatic heterocycles. The molecule has 12 heteroatoms. The van der Waals surface area contributed by atoms with Crippen LogP contribution in [0.5, 0.6) is 0 Å². The van der Waals surface area contributed by atoms with Crippen molar-refractivity contribution >= 4 is 17.6 Å². The first-order valence-electron chi connectivity index (χ1n) is 13.6. The molecular formula is C28H32F2N8O2. The summed E-state index contributed by atoms with van der Waals surface area (Å²) in [5.41, 5.74) is 1.79. The van der Waals surface area contributed by atoms with E-state index in [1.54, 1.807) is 15.6 Å². The summed E-state index contributed by atoms with van der Waals surface area (Å²) in [5, 5.41) is 13.2. The SMILES string of the molecule is CC(C)(C)OC(=O)N1CCC(n2cc(-c3cnn4ccc(N5CCCC5c5cc(F)ccc5F)nc34)nn2)CC1. The molecule has 2 fully saturated rings. The molecule has 6 rings (SSSR count). The van der Waals surface area contributed by atoms with Crippen molar-refractivity contribution in [3.8, 4) is 11.3 Å². The Balaban J connectivity index is 1.21. The van der Waals surface area contributed by atoms with E-state index in [0.29, 0.717) is 48.8 Å². The van der Waals surface area contributed by atoms with Crippen molar-refractivity contribution < 1.29 is 18.3 Å². The van der Waals surface area contributed by atoms with Crippen LogP contribution in [0.25, 0.3) is 16.9 Å². The molecule has 0 bridgehead atoms. The number of likely N-dealkylation sites (tertiary alicyclic amines) is 1. The van der Waals surface area contributed by atoms with E-state index in [9.17, 15) is 13.6 Å². The number of carbonyl (C=O) groups is 1. The van der Waals surface area contributed by atoms with Crippen LogP contribution < -0.4 is 4.90 Å². The lowest BCUT2D eigenvalue weighted by molar-refractivity contribution is 0.0184. The first-order chi connectivity index (χ1) is 19.2. The summed E-state index contributed by atoms with van der Waals surface area (Å²) in [6.45, 7) is 7.44. The Hall–Kier alpha value is -4.09. The molecule has 0 radical (unpaired) electrons. The summed E-state index contributed by atoms with van der Waals surface area (Å²) in [4.78, 5) is 21.0. The van der Waals surface area contributed by atoms with Crippen molar-refractivity contribution in [1.82, 2.24) is 34.5 Å². The number of benzene rings is 1. The van der Waals surface area contributed by atoms with Crippen molar-refractivity contribution in [2.45, 2.75) is 64.1 Å². The number of amides is 1.